The molecule has 6 heteroatoms. The molecule has 0 bridgehead atoms. The lowest BCUT2D eigenvalue weighted by Gasteiger charge is -2.14. The molecule has 0 aliphatic carbocycles. The molecule has 25 heavy (non-hydrogen) atoms. The maximum atomic E-state index is 11.9. The van der Waals surface area contributed by atoms with Gasteiger partial charge in [-0.25, -0.2) is 4.79 Å². The summed E-state index contributed by atoms with van der Waals surface area (Å²) in [6, 6.07) is 15.7. The van der Waals surface area contributed by atoms with E-state index < -0.39 is 24.6 Å². The zero-order chi connectivity index (χ0) is 18.2. The van der Waals surface area contributed by atoms with Crippen LogP contribution in [0.1, 0.15) is 18.1 Å². The molecule has 1 N–H and O–H groups in total. The van der Waals surface area contributed by atoms with Crippen molar-refractivity contribution in [2.75, 3.05) is 11.9 Å². The van der Waals surface area contributed by atoms with Crippen molar-refractivity contribution in [3.8, 4) is 11.8 Å². The van der Waals surface area contributed by atoms with E-state index in [1.807, 2.05) is 25.1 Å². The van der Waals surface area contributed by atoms with Crippen LogP contribution < -0.4 is 10.1 Å². The molecule has 0 fully saturated rings. The number of ether oxygens (including phenoxy) is 2. The van der Waals surface area contributed by atoms with Crippen LogP contribution in [0.15, 0.2) is 48.5 Å². The van der Waals surface area contributed by atoms with Crippen molar-refractivity contribution in [2.45, 2.75) is 20.0 Å². The third kappa shape index (κ3) is 5.66. The second-order valence-corrected chi connectivity index (χ2v) is 5.43. The Balaban J connectivity index is 1.82. The van der Waals surface area contributed by atoms with Gasteiger partial charge in [-0.05, 0) is 49.7 Å². The highest BCUT2D eigenvalue weighted by Crippen LogP contribution is 2.14. The predicted octanol–water partition coefficient (Wildman–Crippen LogP) is 2.82. The lowest BCUT2D eigenvalue weighted by Crippen LogP contribution is -2.29. The maximum absolute atomic E-state index is 11.9. The zero-order valence-corrected chi connectivity index (χ0v) is 14.0. The van der Waals surface area contributed by atoms with E-state index in [1.165, 1.54) is 6.07 Å². The van der Waals surface area contributed by atoms with Crippen molar-refractivity contribution in [2.24, 2.45) is 0 Å². The van der Waals surface area contributed by atoms with Gasteiger partial charge < -0.3 is 14.8 Å². The first-order valence-corrected chi connectivity index (χ1v) is 7.68. The van der Waals surface area contributed by atoms with Gasteiger partial charge in [-0.1, -0.05) is 18.2 Å². The molecule has 2 aromatic rings. The average Bonchev–Trinajstić information content (AvgIpc) is 2.59. The van der Waals surface area contributed by atoms with Crippen LogP contribution >= 0.6 is 0 Å². The quantitative estimate of drug-likeness (QED) is 0.818. The Hall–Kier alpha value is -3.33. The van der Waals surface area contributed by atoms with Crippen LogP contribution in [-0.2, 0) is 14.3 Å². The average molecular weight is 338 g/mol. The molecule has 0 aliphatic heterocycles. The second-order valence-electron chi connectivity index (χ2n) is 5.43. The first-order chi connectivity index (χ1) is 12.0. The Bertz CT molecular complexity index is 811. The smallest absolute Gasteiger partial charge is 0.347 e. The summed E-state index contributed by atoms with van der Waals surface area (Å²) >= 11 is 0. The minimum atomic E-state index is -0.837. The molecule has 0 saturated heterocycles. The van der Waals surface area contributed by atoms with E-state index in [4.69, 9.17) is 14.7 Å². The van der Waals surface area contributed by atoms with Gasteiger partial charge in [-0.15, -0.1) is 0 Å². The number of carbonyl (C=O) groups excluding carboxylic acids is 2. The number of hydrogen-bond acceptors (Lipinski definition) is 5. The van der Waals surface area contributed by atoms with Crippen LogP contribution in [0.3, 0.4) is 0 Å². The van der Waals surface area contributed by atoms with Crippen molar-refractivity contribution >= 4 is 17.6 Å². The van der Waals surface area contributed by atoms with Gasteiger partial charge in [0.2, 0.25) is 0 Å². The number of amides is 1. The molecule has 0 radical (unpaired) electrons. The lowest BCUT2D eigenvalue weighted by atomic mass is 10.2. The van der Waals surface area contributed by atoms with E-state index in [-0.39, 0.29) is 0 Å². The van der Waals surface area contributed by atoms with Crippen LogP contribution in [0.2, 0.25) is 0 Å². The van der Waals surface area contributed by atoms with E-state index in [1.54, 1.807) is 37.3 Å². The molecular formula is C19H18N2O4. The van der Waals surface area contributed by atoms with Gasteiger partial charge in [0.1, 0.15) is 5.75 Å². The highest BCUT2D eigenvalue weighted by Gasteiger charge is 2.18. The van der Waals surface area contributed by atoms with Crippen LogP contribution in [0.5, 0.6) is 5.75 Å². The fraction of sp³-hybridized carbons (Fsp3) is 0.211. The number of rotatable bonds is 6. The van der Waals surface area contributed by atoms with Crippen LogP contribution in [0.25, 0.3) is 0 Å². The number of esters is 1. The maximum Gasteiger partial charge on any atom is 0.347 e. The van der Waals surface area contributed by atoms with Gasteiger partial charge in [0.05, 0.1) is 11.6 Å². The van der Waals surface area contributed by atoms with Crippen molar-refractivity contribution < 1.29 is 19.1 Å². The standard InChI is InChI=1S/C19H18N2O4/c1-13-5-3-8-17(9-13)25-14(2)19(23)24-12-18(22)21-16-7-4-6-15(10-16)11-20/h3-10,14H,12H2,1-2H3,(H,21,22)/t14-/m1/s1. The zero-order valence-electron chi connectivity index (χ0n) is 14.0. The van der Waals surface area contributed by atoms with Crippen molar-refractivity contribution in [1.29, 1.82) is 5.26 Å². The van der Waals surface area contributed by atoms with Crippen molar-refractivity contribution in [1.82, 2.24) is 0 Å². The Morgan fingerprint density at radius 2 is 1.96 bits per heavy atom. The summed E-state index contributed by atoms with van der Waals surface area (Å²) in [4.78, 5) is 23.7. The Morgan fingerprint density at radius 3 is 2.68 bits per heavy atom. The summed E-state index contributed by atoms with van der Waals surface area (Å²) in [5.74, 6) is -0.573. The molecule has 128 valence electrons. The Kier molecular flexibility index (Phi) is 6.13. The molecule has 0 unspecified atom stereocenters. The highest BCUT2D eigenvalue weighted by molar-refractivity contribution is 5.93. The Morgan fingerprint density at radius 1 is 1.20 bits per heavy atom. The number of aryl methyl sites for hydroxylation is 1. The van der Waals surface area contributed by atoms with Gasteiger partial charge in [-0.2, -0.15) is 5.26 Å². The molecule has 0 heterocycles. The molecule has 1 amide bonds. The first-order valence-electron chi connectivity index (χ1n) is 7.68. The minimum Gasteiger partial charge on any atom is -0.479 e. The summed E-state index contributed by atoms with van der Waals surface area (Å²) in [6.45, 7) is 3.04. The SMILES string of the molecule is Cc1cccc(O[C@H](C)C(=O)OCC(=O)Nc2cccc(C#N)c2)c1. The van der Waals surface area contributed by atoms with E-state index in [9.17, 15) is 9.59 Å². The summed E-state index contributed by atoms with van der Waals surface area (Å²) in [7, 11) is 0. The van der Waals surface area contributed by atoms with Gasteiger partial charge in [0, 0.05) is 5.69 Å². The number of benzene rings is 2. The molecule has 6 nitrogen and oxygen atoms in total. The third-order valence-electron chi connectivity index (χ3n) is 3.26. The molecule has 2 aromatic carbocycles. The van der Waals surface area contributed by atoms with E-state index >= 15 is 0 Å². The molecule has 0 aromatic heterocycles. The van der Waals surface area contributed by atoms with Crippen LogP contribution in [0, 0.1) is 18.3 Å². The fourth-order valence-corrected chi connectivity index (χ4v) is 2.06. The summed E-state index contributed by atoms with van der Waals surface area (Å²) < 4.78 is 10.5. The van der Waals surface area contributed by atoms with E-state index in [2.05, 4.69) is 5.32 Å². The predicted molar refractivity (Wildman–Crippen MR) is 92.0 cm³/mol. The monoisotopic (exact) mass is 338 g/mol. The number of anilines is 1. The van der Waals surface area contributed by atoms with Gasteiger partial charge in [0.25, 0.3) is 5.91 Å². The van der Waals surface area contributed by atoms with Crippen LogP contribution in [0.4, 0.5) is 5.69 Å². The van der Waals surface area contributed by atoms with Gasteiger partial charge in [0.15, 0.2) is 12.7 Å². The number of nitrogens with zero attached hydrogens (tertiary/aromatic N) is 1. The molecule has 0 saturated carbocycles. The fourth-order valence-electron chi connectivity index (χ4n) is 2.06. The molecular weight excluding hydrogens is 320 g/mol. The van der Waals surface area contributed by atoms with Crippen molar-refractivity contribution in [3.63, 3.8) is 0 Å². The van der Waals surface area contributed by atoms with Gasteiger partial charge >= 0.3 is 5.97 Å². The number of carbonyl (C=O) groups is 2. The summed E-state index contributed by atoms with van der Waals surface area (Å²) in [5, 5.41) is 11.4. The number of nitriles is 1. The topological polar surface area (TPSA) is 88.4 Å². The molecule has 0 spiro atoms. The second kappa shape index (κ2) is 8.50. The van der Waals surface area contributed by atoms with E-state index in [0.29, 0.717) is 17.0 Å². The summed E-state index contributed by atoms with van der Waals surface area (Å²) in [5.41, 5.74) is 1.90. The number of nitrogens with one attached hydrogen (secondary N) is 1. The normalized spacial score (nSPS) is 11.1. The molecule has 1 atom stereocenters. The summed E-state index contributed by atoms with van der Waals surface area (Å²) in [6.07, 6.45) is -0.837. The lowest BCUT2D eigenvalue weighted by molar-refractivity contribution is -0.153. The van der Waals surface area contributed by atoms with E-state index in [0.717, 1.165) is 5.56 Å². The largest absolute Gasteiger partial charge is 0.479 e. The minimum absolute atomic E-state index is 0.426. The van der Waals surface area contributed by atoms with Crippen molar-refractivity contribution in [3.05, 3.63) is 59.7 Å². The number of hydrogen-bond donors (Lipinski definition) is 1. The Labute approximate surface area is 146 Å². The van der Waals surface area contributed by atoms with Crippen LogP contribution in [-0.4, -0.2) is 24.6 Å². The third-order valence-corrected chi connectivity index (χ3v) is 3.26. The van der Waals surface area contributed by atoms with Gasteiger partial charge in [-0.3, -0.25) is 4.79 Å². The first kappa shape index (κ1) is 18.0. The molecule has 2 rings (SSSR count). The highest BCUT2D eigenvalue weighted by atomic mass is 16.6. The molecule has 0 aliphatic rings.